The van der Waals surface area contributed by atoms with E-state index in [0.29, 0.717) is 12.8 Å². The van der Waals surface area contributed by atoms with Gasteiger partial charge in [0, 0.05) is 61.8 Å². The SMILES string of the molecule is Cc1cc(CC(=O)c2cccn2C)ccc1Nc1ccc(CC(=O)c2ccc(N3CCC(C)CC3)cc2)cc1. The van der Waals surface area contributed by atoms with Crippen molar-refractivity contribution in [3.05, 3.63) is 113 Å². The van der Waals surface area contributed by atoms with Gasteiger partial charge in [0.05, 0.1) is 5.69 Å². The first-order chi connectivity index (χ1) is 18.9. The van der Waals surface area contributed by atoms with Gasteiger partial charge in [0.25, 0.3) is 0 Å². The average Bonchev–Trinajstić information content (AvgIpc) is 3.38. The van der Waals surface area contributed by atoms with E-state index in [4.69, 9.17) is 0 Å². The third-order valence-electron chi connectivity index (χ3n) is 7.82. The Bertz CT molecular complexity index is 1440. The Hall–Kier alpha value is -4.12. The minimum atomic E-state index is 0.111. The first-order valence-electron chi connectivity index (χ1n) is 13.8. The van der Waals surface area contributed by atoms with Crippen LogP contribution in [-0.4, -0.2) is 29.2 Å². The standard InChI is InChI=1S/C34H37N3O2/c1-24-16-19-37(20-17-24)30-13-9-28(10-14-30)33(38)22-26-6-11-29(12-7-26)35-31-15-8-27(21-25(31)2)23-34(39)32-5-4-18-36(32)3/h4-15,18,21,24,35H,16-17,19-20,22-23H2,1-3H3. The van der Waals surface area contributed by atoms with E-state index in [-0.39, 0.29) is 11.6 Å². The van der Waals surface area contributed by atoms with Gasteiger partial charge in [-0.1, -0.05) is 31.2 Å². The highest BCUT2D eigenvalue weighted by atomic mass is 16.1. The van der Waals surface area contributed by atoms with Crippen LogP contribution in [0.5, 0.6) is 0 Å². The molecule has 5 rings (SSSR count). The molecule has 0 unspecified atom stereocenters. The Kier molecular flexibility index (Phi) is 7.97. The molecule has 1 N–H and O–H groups in total. The highest BCUT2D eigenvalue weighted by molar-refractivity contribution is 5.98. The van der Waals surface area contributed by atoms with Crippen molar-refractivity contribution in [1.29, 1.82) is 0 Å². The Morgan fingerprint density at radius 2 is 1.51 bits per heavy atom. The molecule has 1 aliphatic heterocycles. The lowest BCUT2D eigenvalue weighted by Gasteiger charge is -2.32. The van der Waals surface area contributed by atoms with Crippen LogP contribution < -0.4 is 10.2 Å². The number of piperidine rings is 1. The third kappa shape index (κ3) is 6.48. The van der Waals surface area contributed by atoms with Gasteiger partial charge in [-0.2, -0.15) is 0 Å². The second kappa shape index (κ2) is 11.7. The van der Waals surface area contributed by atoms with Crippen molar-refractivity contribution in [3.63, 3.8) is 0 Å². The zero-order valence-corrected chi connectivity index (χ0v) is 23.1. The van der Waals surface area contributed by atoms with E-state index in [1.807, 2.05) is 85.4 Å². The largest absolute Gasteiger partial charge is 0.372 e. The van der Waals surface area contributed by atoms with Crippen LogP contribution in [0.15, 0.2) is 85.1 Å². The predicted molar refractivity (Wildman–Crippen MR) is 159 cm³/mol. The van der Waals surface area contributed by atoms with Gasteiger partial charge >= 0.3 is 0 Å². The summed E-state index contributed by atoms with van der Waals surface area (Å²) in [6, 6.07) is 26.0. The number of anilines is 3. The number of aryl methyl sites for hydroxylation is 2. The van der Waals surface area contributed by atoms with Crippen LogP contribution in [0.2, 0.25) is 0 Å². The fraction of sp³-hybridized carbons (Fsp3) is 0.294. The van der Waals surface area contributed by atoms with Crippen molar-refractivity contribution >= 4 is 28.6 Å². The molecule has 0 amide bonds. The van der Waals surface area contributed by atoms with E-state index in [0.717, 1.165) is 58.3 Å². The number of rotatable bonds is 9. The molecular weight excluding hydrogens is 482 g/mol. The van der Waals surface area contributed by atoms with E-state index in [2.05, 4.69) is 35.3 Å². The van der Waals surface area contributed by atoms with Crippen molar-refractivity contribution in [2.75, 3.05) is 23.3 Å². The molecule has 39 heavy (non-hydrogen) atoms. The van der Waals surface area contributed by atoms with Gasteiger partial charge in [0.15, 0.2) is 11.6 Å². The fourth-order valence-electron chi connectivity index (χ4n) is 5.28. The first kappa shape index (κ1) is 26.5. The van der Waals surface area contributed by atoms with Crippen LogP contribution in [0.1, 0.15) is 57.3 Å². The summed E-state index contributed by atoms with van der Waals surface area (Å²) >= 11 is 0. The summed E-state index contributed by atoms with van der Waals surface area (Å²) in [4.78, 5) is 27.9. The van der Waals surface area contributed by atoms with E-state index < -0.39 is 0 Å². The summed E-state index contributed by atoms with van der Waals surface area (Å²) in [7, 11) is 1.89. The van der Waals surface area contributed by atoms with Crippen LogP contribution in [0.4, 0.5) is 17.1 Å². The highest BCUT2D eigenvalue weighted by Crippen LogP contribution is 2.25. The molecule has 0 aliphatic carbocycles. The topological polar surface area (TPSA) is 54.3 Å². The number of nitrogens with zero attached hydrogens (tertiary/aromatic N) is 2. The Morgan fingerprint density at radius 3 is 2.15 bits per heavy atom. The summed E-state index contributed by atoms with van der Waals surface area (Å²) in [5.41, 5.74) is 7.71. The monoisotopic (exact) mass is 519 g/mol. The molecule has 4 aromatic rings. The lowest BCUT2D eigenvalue weighted by molar-refractivity contribution is 0.0980. The molecule has 1 fully saturated rings. The first-order valence-corrected chi connectivity index (χ1v) is 13.8. The van der Waals surface area contributed by atoms with Crippen molar-refractivity contribution in [1.82, 2.24) is 4.57 Å². The summed E-state index contributed by atoms with van der Waals surface area (Å²) in [5.74, 6) is 1.04. The van der Waals surface area contributed by atoms with Crippen LogP contribution in [-0.2, 0) is 19.9 Å². The molecule has 2 heterocycles. The predicted octanol–water partition coefficient (Wildman–Crippen LogP) is 7.16. The molecule has 1 aromatic heterocycles. The maximum Gasteiger partial charge on any atom is 0.183 e. The molecular formula is C34H37N3O2. The van der Waals surface area contributed by atoms with Crippen molar-refractivity contribution in [3.8, 4) is 0 Å². The molecule has 5 nitrogen and oxygen atoms in total. The number of hydrogen-bond acceptors (Lipinski definition) is 4. The minimum Gasteiger partial charge on any atom is -0.372 e. The second-order valence-electron chi connectivity index (χ2n) is 10.9. The molecule has 5 heteroatoms. The van der Waals surface area contributed by atoms with Crippen LogP contribution in [0.25, 0.3) is 0 Å². The van der Waals surface area contributed by atoms with Gasteiger partial charge in [0.1, 0.15) is 0 Å². The van der Waals surface area contributed by atoms with Crippen molar-refractivity contribution < 1.29 is 9.59 Å². The Balaban J connectivity index is 1.16. The number of hydrogen-bond donors (Lipinski definition) is 1. The number of Topliss-reactive ketones (excluding diaryl/α,β-unsaturated/α-hetero) is 2. The number of nitrogens with one attached hydrogen (secondary N) is 1. The molecule has 200 valence electrons. The summed E-state index contributed by atoms with van der Waals surface area (Å²) < 4.78 is 1.86. The van der Waals surface area contributed by atoms with Crippen molar-refractivity contribution in [2.24, 2.45) is 13.0 Å². The number of aromatic nitrogens is 1. The van der Waals surface area contributed by atoms with Gasteiger partial charge in [-0.15, -0.1) is 0 Å². The van der Waals surface area contributed by atoms with Gasteiger partial charge in [-0.25, -0.2) is 0 Å². The number of benzene rings is 3. The molecule has 1 saturated heterocycles. The number of ketones is 2. The summed E-state index contributed by atoms with van der Waals surface area (Å²) in [6.07, 6.45) is 5.10. The zero-order valence-electron chi connectivity index (χ0n) is 23.1. The second-order valence-corrected chi connectivity index (χ2v) is 10.9. The van der Waals surface area contributed by atoms with E-state index in [1.54, 1.807) is 0 Å². The van der Waals surface area contributed by atoms with E-state index >= 15 is 0 Å². The average molecular weight is 520 g/mol. The molecule has 0 saturated carbocycles. The van der Waals surface area contributed by atoms with E-state index in [1.165, 1.54) is 18.5 Å². The Morgan fingerprint density at radius 1 is 0.846 bits per heavy atom. The fourth-order valence-corrected chi connectivity index (χ4v) is 5.28. The normalized spacial score (nSPS) is 13.9. The molecule has 0 radical (unpaired) electrons. The van der Waals surface area contributed by atoms with Gasteiger partial charge in [-0.3, -0.25) is 9.59 Å². The van der Waals surface area contributed by atoms with Crippen molar-refractivity contribution in [2.45, 2.75) is 39.5 Å². The van der Waals surface area contributed by atoms with Gasteiger partial charge < -0.3 is 14.8 Å². The molecule has 3 aromatic carbocycles. The molecule has 0 atom stereocenters. The number of carbonyl (C=O) groups is 2. The lowest BCUT2D eigenvalue weighted by atomic mass is 9.98. The smallest absolute Gasteiger partial charge is 0.183 e. The third-order valence-corrected chi connectivity index (χ3v) is 7.82. The zero-order chi connectivity index (χ0) is 27.4. The molecule has 0 spiro atoms. The maximum absolute atomic E-state index is 12.9. The molecule has 0 bridgehead atoms. The van der Waals surface area contributed by atoms with Gasteiger partial charge in [0.2, 0.25) is 0 Å². The molecule has 1 aliphatic rings. The van der Waals surface area contributed by atoms with Crippen LogP contribution >= 0.6 is 0 Å². The van der Waals surface area contributed by atoms with Gasteiger partial charge in [-0.05, 0) is 97.0 Å². The number of carbonyl (C=O) groups excluding carboxylic acids is 2. The van der Waals surface area contributed by atoms with Crippen LogP contribution in [0.3, 0.4) is 0 Å². The minimum absolute atomic E-state index is 0.111. The van der Waals surface area contributed by atoms with Crippen LogP contribution in [0, 0.1) is 12.8 Å². The highest BCUT2D eigenvalue weighted by Gasteiger charge is 2.17. The summed E-state index contributed by atoms with van der Waals surface area (Å²) in [5, 5.41) is 3.46. The lowest BCUT2D eigenvalue weighted by Crippen LogP contribution is -2.32. The van der Waals surface area contributed by atoms with E-state index in [9.17, 15) is 9.59 Å². The summed E-state index contributed by atoms with van der Waals surface area (Å²) in [6.45, 7) is 6.54. The maximum atomic E-state index is 12.9. The quantitative estimate of drug-likeness (QED) is 0.238. The Labute approximate surface area is 231 Å².